The molecule has 0 saturated carbocycles. The molecule has 0 aliphatic rings. The van der Waals surface area contributed by atoms with E-state index in [9.17, 15) is 14.4 Å². The van der Waals surface area contributed by atoms with Crippen LogP contribution < -0.4 is 21.5 Å². The van der Waals surface area contributed by atoms with Crippen LogP contribution in [0.3, 0.4) is 0 Å². The highest BCUT2D eigenvalue weighted by Gasteiger charge is 2.07. The van der Waals surface area contributed by atoms with Crippen LogP contribution in [0.1, 0.15) is 34.3 Å². The first kappa shape index (κ1) is 22.2. The number of carbonyl (C=O) groups is 3. The summed E-state index contributed by atoms with van der Waals surface area (Å²) in [6.45, 7) is 4.35. The maximum absolute atomic E-state index is 11.9. The van der Waals surface area contributed by atoms with Crippen molar-refractivity contribution in [2.75, 3.05) is 18.4 Å². The van der Waals surface area contributed by atoms with Gasteiger partial charge in [0.05, 0.1) is 6.54 Å². The zero-order valence-electron chi connectivity index (χ0n) is 16.5. The van der Waals surface area contributed by atoms with Crippen LogP contribution in [-0.2, 0) is 9.59 Å². The number of anilines is 1. The molecule has 2 aromatic rings. The second-order valence-corrected chi connectivity index (χ2v) is 7.07. The summed E-state index contributed by atoms with van der Waals surface area (Å²) in [5.74, 6) is -0.909. The number of carbonyl (C=O) groups excluding carboxylic acids is 3. The summed E-state index contributed by atoms with van der Waals surface area (Å²) in [6, 6.07) is 12.4. The summed E-state index contributed by atoms with van der Waals surface area (Å²) in [5.41, 5.74) is 8.29. The Labute approximate surface area is 175 Å². The number of rotatable bonds is 8. The van der Waals surface area contributed by atoms with Crippen molar-refractivity contribution in [2.45, 2.75) is 26.7 Å². The Morgan fingerprint density at radius 3 is 2.31 bits per heavy atom. The lowest BCUT2D eigenvalue weighted by molar-refractivity contribution is -0.128. The van der Waals surface area contributed by atoms with Gasteiger partial charge in [0.2, 0.25) is 5.91 Å². The van der Waals surface area contributed by atoms with Gasteiger partial charge in [0, 0.05) is 29.2 Å². The molecular formula is C21H25ClN4O3. The predicted molar refractivity (Wildman–Crippen MR) is 114 cm³/mol. The first-order valence-electron chi connectivity index (χ1n) is 9.27. The average Bonchev–Trinajstić information content (AvgIpc) is 2.69. The Kier molecular flexibility index (Phi) is 8.48. The van der Waals surface area contributed by atoms with E-state index in [4.69, 9.17) is 11.6 Å². The maximum Gasteiger partial charge on any atom is 0.257 e. The lowest BCUT2D eigenvalue weighted by atomic mass is 10.1. The Hall–Kier alpha value is -3.06. The minimum absolute atomic E-state index is 0.0430. The van der Waals surface area contributed by atoms with Crippen LogP contribution in [0, 0.1) is 13.8 Å². The van der Waals surface area contributed by atoms with Crippen molar-refractivity contribution >= 4 is 35.0 Å². The number of aryl methyl sites for hydroxylation is 2. The van der Waals surface area contributed by atoms with Gasteiger partial charge in [0.15, 0.2) is 0 Å². The van der Waals surface area contributed by atoms with Gasteiger partial charge in [-0.25, -0.2) is 0 Å². The molecule has 4 N–H and O–H groups in total. The van der Waals surface area contributed by atoms with E-state index in [0.29, 0.717) is 23.6 Å². The number of amides is 3. The minimum atomic E-state index is -0.352. The van der Waals surface area contributed by atoms with Gasteiger partial charge in [-0.1, -0.05) is 29.3 Å². The van der Waals surface area contributed by atoms with Gasteiger partial charge in [-0.15, -0.1) is 0 Å². The Morgan fingerprint density at radius 1 is 0.931 bits per heavy atom. The zero-order chi connectivity index (χ0) is 21.2. The van der Waals surface area contributed by atoms with E-state index in [1.54, 1.807) is 24.3 Å². The molecule has 0 heterocycles. The fourth-order valence-electron chi connectivity index (χ4n) is 2.59. The third-order valence-electron chi connectivity index (χ3n) is 4.14. The maximum atomic E-state index is 11.9. The fraction of sp³-hybridized carbons (Fsp3) is 0.286. The molecule has 0 spiro atoms. The number of hydrogen-bond donors (Lipinski definition) is 4. The third-order valence-corrected chi connectivity index (χ3v) is 4.39. The van der Waals surface area contributed by atoms with Crippen LogP contribution in [0.25, 0.3) is 0 Å². The molecule has 2 aromatic carbocycles. The van der Waals surface area contributed by atoms with Crippen molar-refractivity contribution in [3.63, 3.8) is 0 Å². The van der Waals surface area contributed by atoms with Crippen LogP contribution in [0.15, 0.2) is 42.5 Å². The number of nitrogens with one attached hydrogen (secondary N) is 4. The second-order valence-electron chi connectivity index (χ2n) is 6.63. The van der Waals surface area contributed by atoms with Gasteiger partial charge in [0.1, 0.15) is 0 Å². The molecule has 0 bridgehead atoms. The molecule has 154 valence electrons. The van der Waals surface area contributed by atoms with Gasteiger partial charge in [0.25, 0.3) is 11.8 Å². The van der Waals surface area contributed by atoms with Crippen molar-refractivity contribution in [1.82, 2.24) is 16.2 Å². The summed E-state index contributed by atoms with van der Waals surface area (Å²) < 4.78 is 0. The van der Waals surface area contributed by atoms with Crippen LogP contribution in [0.2, 0.25) is 5.02 Å². The van der Waals surface area contributed by atoms with Crippen LogP contribution in [0.5, 0.6) is 0 Å². The lowest BCUT2D eigenvalue weighted by Gasteiger charge is -2.11. The molecule has 0 saturated heterocycles. The molecule has 2 rings (SSSR count). The fourth-order valence-corrected chi connectivity index (χ4v) is 2.71. The number of hydrazine groups is 1. The molecule has 0 aliphatic heterocycles. The topological polar surface area (TPSA) is 99.3 Å². The third kappa shape index (κ3) is 7.83. The molecular weight excluding hydrogens is 392 g/mol. The van der Waals surface area contributed by atoms with Gasteiger partial charge >= 0.3 is 0 Å². The number of benzene rings is 2. The Morgan fingerprint density at radius 2 is 1.62 bits per heavy atom. The van der Waals surface area contributed by atoms with E-state index >= 15 is 0 Å². The summed E-state index contributed by atoms with van der Waals surface area (Å²) >= 11 is 5.78. The normalized spacial score (nSPS) is 10.2. The van der Waals surface area contributed by atoms with Crippen molar-refractivity contribution in [3.8, 4) is 0 Å². The second kappa shape index (κ2) is 11.1. The Bertz CT molecular complexity index is 869. The molecule has 0 aliphatic carbocycles. The predicted octanol–water partition coefficient (Wildman–Crippen LogP) is 2.73. The van der Waals surface area contributed by atoms with E-state index in [1.165, 1.54) is 0 Å². The van der Waals surface area contributed by atoms with Crippen molar-refractivity contribution < 1.29 is 14.4 Å². The summed E-state index contributed by atoms with van der Waals surface area (Å²) in [6.07, 6.45) is 0.619. The van der Waals surface area contributed by atoms with E-state index in [0.717, 1.165) is 16.8 Å². The van der Waals surface area contributed by atoms with Crippen LogP contribution in [-0.4, -0.2) is 30.8 Å². The molecule has 0 aromatic heterocycles. The van der Waals surface area contributed by atoms with Crippen molar-refractivity contribution in [2.24, 2.45) is 0 Å². The van der Waals surface area contributed by atoms with Gasteiger partial charge < -0.3 is 10.6 Å². The largest absolute Gasteiger partial charge is 0.376 e. The zero-order valence-corrected chi connectivity index (χ0v) is 17.2. The molecule has 0 radical (unpaired) electrons. The summed E-state index contributed by atoms with van der Waals surface area (Å²) in [5, 5.41) is 6.31. The quantitative estimate of drug-likeness (QED) is 0.392. The van der Waals surface area contributed by atoms with E-state index in [-0.39, 0.29) is 30.7 Å². The number of hydrogen-bond acceptors (Lipinski definition) is 4. The van der Waals surface area contributed by atoms with Crippen LogP contribution in [0.4, 0.5) is 5.69 Å². The smallest absolute Gasteiger partial charge is 0.257 e. The van der Waals surface area contributed by atoms with Crippen molar-refractivity contribution in [1.29, 1.82) is 0 Å². The first-order valence-corrected chi connectivity index (χ1v) is 9.65. The van der Waals surface area contributed by atoms with Crippen LogP contribution >= 0.6 is 11.6 Å². The van der Waals surface area contributed by atoms with E-state index < -0.39 is 0 Å². The highest BCUT2D eigenvalue weighted by Crippen LogP contribution is 2.15. The minimum Gasteiger partial charge on any atom is -0.376 e. The summed E-state index contributed by atoms with van der Waals surface area (Å²) in [4.78, 5) is 35.6. The summed E-state index contributed by atoms with van der Waals surface area (Å²) in [7, 11) is 0. The van der Waals surface area contributed by atoms with E-state index in [2.05, 4.69) is 21.5 Å². The monoisotopic (exact) mass is 416 g/mol. The number of halogens is 1. The molecule has 0 unspecified atom stereocenters. The molecule has 3 amide bonds. The Balaban J connectivity index is 1.59. The highest BCUT2D eigenvalue weighted by molar-refractivity contribution is 6.30. The molecule has 29 heavy (non-hydrogen) atoms. The molecule has 0 fully saturated rings. The van der Waals surface area contributed by atoms with Gasteiger partial charge in [-0.2, -0.15) is 0 Å². The lowest BCUT2D eigenvalue weighted by Crippen LogP contribution is -2.44. The highest BCUT2D eigenvalue weighted by atomic mass is 35.5. The molecule has 0 atom stereocenters. The standard InChI is InChI=1S/C21H25ClN4O3/c1-14-5-10-18(15(2)12-14)24-13-20(28)26-25-19(27)4-3-11-23-21(29)16-6-8-17(22)9-7-16/h5-10,12,24H,3-4,11,13H2,1-2H3,(H,23,29)(H,25,27)(H,26,28). The average molecular weight is 417 g/mol. The SMILES string of the molecule is Cc1ccc(NCC(=O)NNC(=O)CCCNC(=O)c2ccc(Cl)cc2)c(C)c1. The van der Waals surface area contributed by atoms with Gasteiger partial charge in [-0.3, -0.25) is 25.2 Å². The van der Waals surface area contributed by atoms with Crippen molar-refractivity contribution in [3.05, 3.63) is 64.2 Å². The first-order chi connectivity index (χ1) is 13.8. The van der Waals surface area contributed by atoms with Gasteiger partial charge in [-0.05, 0) is 56.2 Å². The molecule has 8 heteroatoms. The molecule has 7 nitrogen and oxygen atoms in total. The van der Waals surface area contributed by atoms with E-state index in [1.807, 2.05) is 32.0 Å².